The Labute approximate surface area is 248 Å². The molecule has 0 fully saturated rings. The van der Waals surface area contributed by atoms with Crippen LogP contribution < -0.4 is 0 Å². The van der Waals surface area contributed by atoms with Gasteiger partial charge in [-0.2, -0.15) is 0 Å². The van der Waals surface area contributed by atoms with Crippen LogP contribution in [0.1, 0.15) is 30.9 Å². The number of rotatable bonds is 12. The number of ether oxygens (including phenoxy) is 2. The molecule has 5 heterocycles. The number of thiophene rings is 4. The third-order valence-corrected chi connectivity index (χ3v) is 9.22. The van der Waals surface area contributed by atoms with Crippen molar-refractivity contribution in [3.63, 3.8) is 0 Å². The maximum atomic E-state index is 13.0. The number of hydrogen-bond donors (Lipinski definition) is 0. The summed E-state index contributed by atoms with van der Waals surface area (Å²) in [5.41, 5.74) is 1.17. The van der Waals surface area contributed by atoms with Crippen LogP contribution in [0.25, 0.3) is 0 Å². The fraction of sp³-hybridized carbons (Fsp3) is 0.207. The number of amides is 2. The summed E-state index contributed by atoms with van der Waals surface area (Å²) in [6.07, 6.45) is -0.809. The molecule has 0 saturated heterocycles. The van der Waals surface area contributed by atoms with Crippen molar-refractivity contribution in [1.82, 2.24) is 14.8 Å². The van der Waals surface area contributed by atoms with E-state index >= 15 is 0 Å². The third-order valence-electron chi connectivity index (χ3n) is 5.78. The van der Waals surface area contributed by atoms with Gasteiger partial charge in [0.15, 0.2) is 0 Å². The highest BCUT2D eigenvalue weighted by Crippen LogP contribution is 2.20. The first-order valence-electron chi connectivity index (χ1n) is 12.5. The second-order valence-corrected chi connectivity index (χ2v) is 12.9. The number of carbonyl (C=O) groups is 2. The van der Waals surface area contributed by atoms with Crippen LogP contribution in [-0.2, 0) is 48.9 Å². The van der Waals surface area contributed by atoms with Crippen LogP contribution in [0.4, 0.5) is 9.59 Å². The molecule has 0 aliphatic carbocycles. The molecule has 7 nitrogen and oxygen atoms in total. The van der Waals surface area contributed by atoms with Gasteiger partial charge in [-0.15, -0.1) is 45.3 Å². The van der Waals surface area contributed by atoms with Crippen molar-refractivity contribution in [2.24, 2.45) is 0 Å². The van der Waals surface area contributed by atoms with Gasteiger partial charge in [-0.1, -0.05) is 30.3 Å². The van der Waals surface area contributed by atoms with E-state index < -0.39 is 12.2 Å². The molecule has 0 unspecified atom stereocenters. The van der Waals surface area contributed by atoms with Crippen LogP contribution in [-0.4, -0.2) is 27.0 Å². The van der Waals surface area contributed by atoms with Crippen LogP contribution in [0, 0.1) is 0 Å². The molecule has 0 atom stereocenters. The summed E-state index contributed by atoms with van der Waals surface area (Å²) in [6, 6.07) is 21.3. The molecule has 0 N–H and O–H groups in total. The zero-order valence-electron chi connectivity index (χ0n) is 21.5. The normalized spacial score (nSPS) is 10.8. The van der Waals surface area contributed by atoms with Crippen LogP contribution in [0.2, 0.25) is 0 Å². The van der Waals surface area contributed by atoms with Crippen LogP contribution >= 0.6 is 45.3 Å². The summed E-state index contributed by atoms with van der Waals surface area (Å²) in [4.78, 5) is 38.3. The Kier molecular flexibility index (Phi) is 9.97. The molecular formula is C29H27N3O4S4. The zero-order chi connectivity index (χ0) is 27.6. The minimum atomic E-state index is -0.404. The Bertz CT molecular complexity index is 1270. The van der Waals surface area contributed by atoms with Gasteiger partial charge in [0.25, 0.3) is 0 Å². The highest BCUT2D eigenvalue weighted by molar-refractivity contribution is 7.10. The van der Waals surface area contributed by atoms with Gasteiger partial charge in [-0.3, -0.25) is 14.8 Å². The van der Waals surface area contributed by atoms with Gasteiger partial charge in [0.1, 0.15) is 13.2 Å². The summed E-state index contributed by atoms with van der Waals surface area (Å²) in [7, 11) is 0. The van der Waals surface area contributed by atoms with Crippen molar-refractivity contribution in [3.8, 4) is 0 Å². The summed E-state index contributed by atoms with van der Waals surface area (Å²) in [5.74, 6) is 0. The average molecular weight is 610 g/mol. The van der Waals surface area contributed by atoms with E-state index in [9.17, 15) is 9.59 Å². The Morgan fingerprint density at radius 2 is 0.900 bits per heavy atom. The van der Waals surface area contributed by atoms with Gasteiger partial charge in [0.05, 0.1) is 37.6 Å². The number of nitrogens with zero attached hydrogens (tertiary/aromatic N) is 3. The Morgan fingerprint density at radius 3 is 1.20 bits per heavy atom. The van der Waals surface area contributed by atoms with Gasteiger partial charge < -0.3 is 9.47 Å². The van der Waals surface area contributed by atoms with E-state index in [1.165, 1.54) is 0 Å². The molecule has 0 aliphatic heterocycles. The first-order chi connectivity index (χ1) is 19.6. The van der Waals surface area contributed by atoms with Gasteiger partial charge in [0.2, 0.25) is 0 Å². The lowest BCUT2D eigenvalue weighted by Crippen LogP contribution is -2.30. The molecule has 5 aromatic heterocycles. The average Bonchev–Trinajstić information content (AvgIpc) is 3.79. The molecule has 0 radical (unpaired) electrons. The molecule has 40 heavy (non-hydrogen) atoms. The topological polar surface area (TPSA) is 72.0 Å². The van der Waals surface area contributed by atoms with Gasteiger partial charge in [-0.05, 0) is 57.9 Å². The van der Waals surface area contributed by atoms with Gasteiger partial charge >= 0.3 is 12.2 Å². The monoisotopic (exact) mass is 609 g/mol. The summed E-state index contributed by atoms with van der Waals surface area (Å²) < 4.78 is 11.3. The lowest BCUT2D eigenvalue weighted by Gasteiger charge is -2.21. The first kappa shape index (κ1) is 28.0. The molecule has 0 saturated carbocycles. The van der Waals surface area contributed by atoms with Crippen molar-refractivity contribution >= 4 is 57.5 Å². The molecule has 0 aliphatic rings. The summed E-state index contributed by atoms with van der Waals surface area (Å²) in [5, 5.41) is 7.98. The quantitative estimate of drug-likeness (QED) is 0.143. The first-order valence-corrected chi connectivity index (χ1v) is 16.0. The molecule has 206 valence electrons. The molecule has 5 aromatic rings. The van der Waals surface area contributed by atoms with Crippen LogP contribution in [0.15, 0.2) is 88.3 Å². The SMILES string of the molecule is O=C(OCc1cccc(COC(=O)N(Cc2cccs2)Cc2cccs2)n1)N(Cc1cccs1)Cc1cccs1. The molecule has 2 amide bonds. The maximum Gasteiger partial charge on any atom is 0.410 e. The molecule has 0 aromatic carbocycles. The standard InChI is InChI=1S/C29H27N3O4S4/c33-28(31(16-24-8-2-12-37-24)17-25-9-3-13-38-25)35-20-22-6-1-7-23(30-22)21-36-29(34)32(18-26-10-4-14-39-26)19-27-11-5-15-40-27/h1-15H,16-21H2. The minimum Gasteiger partial charge on any atom is -0.443 e. The number of aromatic nitrogens is 1. The van der Waals surface area contributed by atoms with Crippen molar-refractivity contribution in [1.29, 1.82) is 0 Å². The molecule has 5 rings (SSSR count). The van der Waals surface area contributed by atoms with E-state index in [4.69, 9.17) is 9.47 Å². The van der Waals surface area contributed by atoms with E-state index in [0.29, 0.717) is 37.6 Å². The summed E-state index contributed by atoms with van der Waals surface area (Å²) >= 11 is 6.43. The van der Waals surface area contributed by atoms with Crippen molar-refractivity contribution in [2.75, 3.05) is 0 Å². The number of hydrogen-bond acceptors (Lipinski definition) is 9. The van der Waals surface area contributed by atoms with Crippen LogP contribution in [0.5, 0.6) is 0 Å². The zero-order valence-corrected chi connectivity index (χ0v) is 24.8. The fourth-order valence-corrected chi connectivity index (χ4v) is 6.75. The highest BCUT2D eigenvalue weighted by Gasteiger charge is 2.19. The van der Waals surface area contributed by atoms with E-state index in [1.807, 2.05) is 76.1 Å². The van der Waals surface area contributed by atoms with E-state index in [1.54, 1.807) is 67.3 Å². The fourth-order valence-electron chi connectivity index (χ4n) is 3.88. The molecular weight excluding hydrogens is 583 g/mol. The van der Waals surface area contributed by atoms with E-state index in [-0.39, 0.29) is 13.2 Å². The Hall–Kier alpha value is -3.51. The minimum absolute atomic E-state index is 0.0227. The predicted molar refractivity (Wildman–Crippen MR) is 160 cm³/mol. The Morgan fingerprint density at radius 1 is 0.550 bits per heavy atom. The predicted octanol–water partition coefficient (Wildman–Crippen LogP) is 8.01. The third kappa shape index (κ3) is 8.25. The van der Waals surface area contributed by atoms with E-state index in [2.05, 4.69) is 4.98 Å². The lowest BCUT2D eigenvalue weighted by atomic mass is 10.3. The second-order valence-electron chi connectivity index (χ2n) is 8.76. The van der Waals surface area contributed by atoms with Gasteiger partial charge in [-0.25, -0.2) is 9.59 Å². The Balaban J connectivity index is 1.17. The molecule has 0 spiro atoms. The van der Waals surface area contributed by atoms with Crippen molar-refractivity contribution < 1.29 is 19.1 Å². The maximum absolute atomic E-state index is 13.0. The second kappa shape index (κ2) is 14.2. The number of carbonyl (C=O) groups excluding carboxylic acids is 2. The smallest absolute Gasteiger partial charge is 0.410 e. The highest BCUT2D eigenvalue weighted by atomic mass is 32.1. The van der Waals surface area contributed by atoms with Crippen molar-refractivity contribution in [3.05, 3.63) is 119 Å². The van der Waals surface area contributed by atoms with E-state index in [0.717, 1.165) is 19.5 Å². The lowest BCUT2D eigenvalue weighted by molar-refractivity contribution is 0.0886. The largest absolute Gasteiger partial charge is 0.443 e. The molecule has 0 bridgehead atoms. The van der Waals surface area contributed by atoms with Crippen LogP contribution in [0.3, 0.4) is 0 Å². The summed E-state index contributed by atoms with van der Waals surface area (Å²) in [6.45, 7) is 1.96. The number of pyridine rings is 1. The van der Waals surface area contributed by atoms with Gasteiger partial charge in [0, 0.05) is 19.5 Å². The molecule has 11 heteroatoms. The van der Waals surface area contributed by atoms with Crippen molar-refractivity contribution in [2.45, 2.75) is 39.4 Å².